The Morgan fingerprint density at radius 2 is 2.16 bits per heavy atom. The molecule has 0 unspecified atom stereocenters. The molecule has 1 aromatic carbocycles. The van der Waals surface area contributed by atoms with Gasteiger partial charge in [-0.25, -0.2) is 0 Å². The highest BCUT2D eigenvalue weighted by molar-refractivity contribution is 7.80. The van der Waals surface area contributed by atoms with Gasteiger partial charge in [-0.15, -0.1) is 0 Å². The van der Waals surface area contributed by atoms with Gasteiger partial charge in [-0.2, -0.15) is 0 Å². The molecule has 0 saturated heterocycles. The third-order valence-electron chi connectivity index (χ3n) is 2.61. The monoisotopic (exact) mass is 299 g/mol. The van der Waals surface area contributed by atoms with E-state index in [-0.39, 0.29) is 11.9 Å². The Kier molecular flexibility index (Phi) is 6.05. The molecule has 0 saturated carbocycles. The Balaban J connectivity index is 2.60. The van der Waals surface area contributed by atoms with Crippen LogP contribution in [0, 0.1) is 6.92 Å². The van der Waals surface area contributed by atoms with Crippen LogP contribution in [0.2, 0.25) is 5.02 Å². The SMILES string of the molecule is CCNC(=O)[C@@H](C)NC(=S)Nc1cccc(Cl)c1C. The molecule has 1 rings (SSSR count). The molecule has 1 amide bonds. The zero-order valence-corrected chi connectivity index (χ0v) is 12.8. The predicted octanol–water partition coefficient (Wildman–Crippen LogP) is 2.46. The second-order valence-corrected chi connectivity index (χ2v) is 4.94. The van der Waals surface area contributed by atoms with E-state index in [2.05, 4.69) is 16.0 Å². The van der Waals surface area contributed by atoms with E-state index >= 15 is 0 Å². The van der Waals surface area contributed by atoms with Crippen LogP contribution in [0.5, 0.6) is 0 Å². The first-order valence-electron chi connectivity index (χ1n) is 6.06. The lowest BCUT2D eigenvalue weighted by Gasteiger charge is -2.17. The van der Waals surface area contributed by atoms with Gasteiger partial charge < -0.3 is 16.0 Å². The van der Waals surface area contributed by atoms with E-state index in [4.69, 9.17) is 23.8 Å². The second-order valence-electron chi connectivity index (χ2n) is 4.13. The summed E-state index contributed by atoms with van der Waals surface area (Å²) < 4.78 is 0. The molecule has 0 aliphatic heterocycles. The summed E-state index contributed by atoms with van der Waals surface area (Å²) in [5.74, 6) is -0.0885. The maximum atomic E-state index is 11.6. The Labute approximate surface area is 123 Å². The number of halogens is 1. The van der Waals surface area contributed by atoms with Crippen molar-refractivity contribution in [2.45, 2.75) is 26.8 Å². The molecule has 19 heavy (non-hydrogen) atoms. The van der Waals surface area contributed by atoms with E-state index < -0.39 is 0 Å². The van der Waals surface area contributed by atoms with E-state index in [9.17, 15) is 4.79 Å². The number of carbonyl (C=O) groups is 1. The zero-order chi connectivity index (χ0) is 14.4. The highest BCUT2D eigenvalue weighted by Crippen LogP contribution is 2.22. The Morgan fingerprint density at radius 1 is 1.47 bits per heavy atom. The number of nitrogens with one attached hydrogen (secondary N) is 3. The number of likely N-dealkylation sites (N-methyl/N-ethyl adjacent to an activating group) is 1. The van der Waals surface area contributed by atoms with Crippen LogP contribution >= 0.6 is 23.8 Å². The van der Waals surface area contributed by atoms with Crippen molar-refractivity contribution in [1.82, 2.24) is 10.6 Å². The Bertz CT molecular complexity index is 479. The number of hydrogen-bond donors (Lipinski definition) is 3. The molecule has 6 heteroatoms. The average Bonchev–Trinajstić information content (AvgIpc) is 2.35. The smallest absolute Gasteiger partial charge is 0.242 e. The number of hydrogen-bond acceptors (Lipinski definition) is 2. The fourth-order valence-corrected chi connectivity index (χ4v) is 1.95. The van der Waals surface area contributed by atoms with E-state index in [1.807, 2.05) is 32.0 Å². The molecular weight excluding hydrogens is 282 g/mol. The summed E-state index contributed by atoms with van der Waals surface area (Å²) in [7, 11) is 0. The second kappa shape index (κ2) is 7.31. The van der Waals surface area contributed by atoms with Crippen LogP contribution in [0.4, 0.5) is 5.69 Å². The highest BCUT2D eigenvalue weighted by Gasteiger charge is 2.13. The van der Waals surface area contributed by atoms with Gasteiger partial charge in [0, 0.05) is 17.3 Å². The van der Waals surface area contributed by atoms with Crippen molar-refractivity contribution in [3.8, 4) is 0 Å². The van der Waals surface area contributed by atoms with Crippen LogP contribution < -0.4 is 16.0 Å². The summed E-state index contributed by atoms with van der Waals surface area (Å²) in [6.45, 7) is 6.12. The van der Waals surface area contributed by atoms with Crippen molar-refractivity contribution in [2.75, 3.05) is 11.9 Å². The normalized spacial score (nSPS) is 11.6. The van der Waals surface area contributed by atoms with Crippen molar-refractivity contribution in [2.24, 2.45) is 0 Å². The van der Waals surface area contributed by atoms with Gasteiger partial charge in [-0.05, 0) is 50.7 Å². The number of anilines is 1. The molecule has 4 nitrogen and oxygen atoms in total. The summed E-state index contributed by atoms with van der Waals surface area (Å²) >= 11 is 11.2. The van der Waals surface area contributed by atoms with Gasteiger partial charge in [0.05, 0.1) is 0 Å². The van der Waals surface area contributed by atoms with Gasteiger partial charge in [0.1, 0.15) is 6.04 Å². The minimum Gasteiger partial charge on any atom is -0.355 e. The molecule has 3 N–H and O–H groups in total. The summed E-state index contributed by atoms with van der Waals surface area (Å²) in [6, 6.07) is 5.15. The van der Waals surface area contributed by atoms with Gasteiger partial charge in [-0.1, -0.05) is 17.7 Å². The topological polar surface area (TPSA) is 53.2 Å². The fourth-order valence-electron chi connectivity index (χ4n) is 1.49. The van der Waals surface area contributed by atoms with Gasteiger partial charge in [0.25, 0.3) is 0 Å². The number of carbonyl (C=O) groups excluding carboxylic acids is 1. The maximum absolute atomic E-state index is 11.6. The van der Waals surface area contributed by atoms with E-state index in [1.165, 1.54) is 0 Å². The third-order valence-corrected chi connectivity index (χ3v) is 3.24. The van der Waals surface area contributed by atoms with Gasteiger partial charge >= 0.3 is 0 Å². The molecular formula is C13H18ClN3OS. The summed E-state index contributed by atoms with van der Waals surface area (Å²) in [5.41, 5.74) is 1.74. The summed E-state index contributed by atoms with van der Waals surface area (Å²) in [5, 5.41) is 9.75. The van der Waals surface area contributed by atoms with Crippen molar-refractivity contribution in [1.29, 1.82) is 0 Å². The van der Waals surface area contributed by atoms with Gasteiger partial charge in [0.15, 0.2) is 5.11 Å². The van der Waals surface area contributed by atoms with Gasteiger partial charge in [-0.3, -0.25) is 4.79 Å². The zero-order valence-electron chi connectivity index (χ0n) is 11.2. The van der Waals surface area contributed by atoms with Crippen LogP contribution in [0.25, 0.3) is 0 Å². The number of amides is 1. The number of benzene rings is 1. The first-order valence-corrected chi connectivity index (χ1v) is 6.84. The van der Waals surface area contributed by atoms with Crippen molar-refractivity contribution in [3.05, 3.63) is 28.8 Å². The molecule has 0 aliphatic carbocycles. The molecule has 0 bridgehead atoms. The third kappa shape index (κ3) is 4.69. The van der Waals surface area contributed by atoms with Crippen molar-refractivity contribution in [3.63, 3.8) is 0 Å². The summed E-state index contributed by atoms with van der Waals surface area (Å²) in [6.07, 6.45) is 0. The lowest BCUT2D eigenvalue weighted by molar-refractivity contribution is -0.122. The quantitative estimate of drug-likeness (QED) is 0.748. The molecule has 0 aliphatic rings. The lowest BCUT2D eigenvalue weighted by Crippen LogP contribution is -2.46. The Hall–Kier alpha value is -1.33. The van der Waals surface area contributed by atoms with Crippen LogP contribution in [0.1, 0.15) is 19.4 Å². The first-order chi connectivity index (χ1) is 8.95. The highest BCUT2D eigenvalue weighted by atomic mass is 35.5. The number of rotatable bonds is 4. The van der Waals surface area contributed by atoms with E-state index in [0.29, 0.717) is 16.7 Å². The molecule has 0 radical (unpaired) electrons. The van der Waals surface area contributed by atoms with E-state index in [0.717, 1.165) is 11.3 Å². The summed E-state index contributed by atoms with van der Waals surface area (Å²) in [4.78, 5) is 11.6. The molecule has 1 aromatic rings. The molecule has 0 fully saturated rings. The molecule has 1 atom stereocenters. The standard InChI is InChI=1S/C13H18ClN3OS/c1-4-15-12(18)9(3)16-13(19)17-11-7-5-6-10(14)8(11)2/h5-7,9H,4H2,1-3H3,(H,15,18)(H2,16,17,19)/t9-/m1/s1. The molecule has 104 valence electrons. The van der Waals surface area contributed by atoms with Crippen molar-refractivity contribution < 1.29 is 4.79 Å². The largest absolute Gasteiger partial charge is 0.355 e. The first kappa shape index (κ1) is 15.7. The minimum atomic E-state index is -0.389. The fraction of sp³-hybridized carbons (Fsp3) is 0.385. The van der Waals surface area contributed by atoms with Crippen LogP contribution in [-0.4, -0.2) is 23.6 Å². The minimum absolute atomic E-state index is 0.0885. The van der Waals surface area contributed by atoms with Crippen LogP contribution in [0.15, 0.2) is 18.2 Å². The van der Waals surface area contributed by atoms with Crippen molar-refractivity contribution >= 4 is 40.5 Å². The predicted molar refractivity (Wildman–Crippen MR) is 83.7 cm³/mol. The molecule has 0 heterocycles. The molecule has 0 aromatic heterocycles. The number of thiocarbonyl (C=S) groups is 1. The maximum Gasteiger partial charge on any atom is 0.242 e. The molecule has 0 spiro atoms. The van der Waals surface area contributed by atoms with Gasteiger partial charge in [0.2, 0.25) is 5.91 Å². The average molecular weight is 300 g/mol. The lowest BCUT2D eigenvalue weighted by atomic mass is 10.2. The Morgan fingerprint density at radius 3 is 2.79 bits per heavy atom. The van der Waals surface area contributed by atoms with Crippen LogP contribution in [-0.2, 0) is 4.79 Å². The van der Waals surface area contributed by atoms with Crippen LogP contribution in [0.3, 0.4) is 0 Å². The van der Waals surface area contributed by atoms with E-state index in [1.54, 1.807) is 6.92 Å².